The Hall–Kier alpha value is -1.13. The second kappa shape index (κ2) is 4.04. The SMILES string of the molecule is CN=C(NN)c1ccc(Cl)nc1. The minimum Gasteiger partial charge on any atom is -0.308 e. The minimum absolute atomic E-state index is 0.450. The topological polar surface area (TPSA) is 63.3 Å². The molecule has 12 heavy (non-hydrogen) atoms. The molecule has 0 amide bonds. The molecule has 0 bridgehead atoms. The van der Waals surface area contributed by atoms with Crippen molar-refractivity contribution in [2.24, 2.45) is 10.8 Å². The first kappa shape index (κ1) is 8.96. The molecule has 1 heterocycles. The Kier molecular flexibility index (Phi) is 3.01. The van der Waals surface area contributed by atoms with Crippen molar-refractivity contribution >= 4 is 17.4 Å². The molecule has 0 atom stereocenters. The van der Waals surface area contributed by atoms with E-state index in [2.05, 4.69) is 15.4 Å². The molecule has 0 aromatic carbocycles. The standard InChI is InChI=1S/C7H9ClN4/c1-10-7(12-9)5-2-3-6(8)11-4-5/h2-4H,9H2,1H3,(H,10,12). The van der Waals surface area contributed by atoms with Crippen molar-refractivity contribution in [3.05, 3.63) is 29.0 Å². The monoisotopic (exact) mass is 184 g/mol. The average Bonchev–Trinajstić information content (AvgIpc) is 2.10. The van der Waals surface area contributed by atoms with Gasteiger partial charge in [-0.1, -0.05) is 11.6 Å². The normalized spacial score (nSPS) is 11.4. The Morgan fingerprint density at radius 2 is 2.42 bits per heavy atom. The van der Waals surface area contributed by atoms with E-state index < -0.39 is 0 Å². The highest BCUT2D eigenvalue weighted by Crippen LogP contribution is 2.04. The van der Waals surface area contributed by atoms with Crippen molar-refractivity contribution in [2.75, 3.05) is 7.05 Å². The highest BCUT2D eigenvalue weighted by molar-refractivity contribution is 6.29. The maximum absolute atomic E-state index is 5.60. The second-order valence-corrected chi connectivity index (χ2v) is 2.47. The number of halogens is 1. The Morgan fingerprint density at radius 3 is 2.83 bits per heavy atom. The number of amidine groups is 1. The van der Waals surface area contributed by atoms with Gasteiger partial charge in [-0.15, -0.1) is 0 Å². The first-order valence-corrected chi connectivity index (χ1v) is 3.71. The molecule has 0 saturated heterocycles. The number of nitrogens with zero attached hydrogens (tertiary/aromatic N) is 2. The number of hydrazine groups is 1. The van der Waals surface area contributed by atoms with Gasteiger partial charge >= 0.3 is 0 Å². The van der Waals surface area contributed by atoms with E-state index in [4.69, 9.17) is 17.4 Å². The van der Waals surface area contributed by atoms with E-state index in [1.54, 1.807) is 25.4 Å². The van der Waals surface area contributed by atoms with Gasteiger partial charge in [-0.25, -0.2) is 10.8 Å². The molecule has 0 aliphatic carbocycles. The van der Waals surface area contributed by atoms with Crippen LogP contribution in [0.15, 0.2) is 23.3 Å². The van der Waals surface area contributed by atoms with Gasteiger partial charge < -0.3 is 5.43 Å². The van der Waals surface area contributed by atoms with E-state index in [1.165, 1.54) is 0 Å². The summed E-state index contributed by atoms with van der Waals surface area (Å²) >= 11 is 5.60. The van der Waals surface area contributed by atoms with Crippen molar-refractivity contribution in [1.29, 1.82) is 0 Å². The number of hydrogen-bond acceptors (Lipinski definition) is 3. The zero-order chi connectivity index (χ0) is 8.97. The molecule has 0 fully saturated rings. The quantitative estimate of drug-likeness (QED) is 0.221. The van der Waals surface area contributed by atoms with E-state index >= 15 is 0 Å². The molecule has 3 N–H and O–H groups in total. The summed E-state index contributed by atoms with van der Waals surface area (Å²) in [5.41, 5.74) is 3.26. The molecule has 1 rings (SSSR count). The van der Waals surface area contributed by atoms with E-state index in [-0.39, 0.29) is 0 Å². The van der Waals surface area contributed by atoms with Gasteiger partial charge in [-0.2, -0.15) is 0 Å². The number of hydrogen-bond donors (Lipinski definition) is 2. The lowest BCUT2D eigenvalue weighted by atomic mass is 10.3. The maximum Gasteiger partial charge on any atom is 0.143 e. The molecular weight excluding hydrogens is 176 g/mol. The van der Waals surface area contributed by atoms with Crippen LogP contribution in [0.3, 0.4) is 0 Å². The van der Waals surface area contributed by atoms with Crippen molar-refractivity contribution in [3.8, 4) is 0 Å². The number of rotatable bonds is 1. The van der Waals surface area contributed by atoms with Crippen LogP contribution in [0.5, 0.6) is 0 Å². The summed E-state index contributed by atoms with van der Waals surface area (Å²) in [5.74, 6) is 5.79. The first-order chi connectivity index (χ1) is 5.77. The third-order valence-electron chi connectivity index (χ3n) is 1.36. The van der Waals surface area contributed by atoms with Crippen molar-refractivity contribution in [3.63, 3.8) is 0 Å². The fourth-order valence-electron chi connectivity index (χ4n) is 0.793. The summed E-state index contributed by atoms with van der Waals surface area (Å²) in [6, 6.07) is 3.47. The molecule has 0 aliphatic rings. The lowest BCUT2D eigenvalue weighted by Gasteiger charge is -2.02. The van der Waals surface area contributed by atoms with Gasteiger partial charge in [0, 0.05) is 18.8 Å². The predicted octanol–water partition coefficient (Wildman–Crippen LogP) is 0.575. The molecule has 64 valence electrons. The third-order valence-corrected chi connectivity index (χ3v) is 1.58. The Labute approximate surface area is 75.4 Å². The molecule has 0 unspecified atom stereocenters. The summed E-state index contributed by atoms with van der Waals surface area (Å²) in [7, 11) is 1.64. The first-order valence-electron chi connectivity index (χ1n) is 3.33. The van der Waals surface area contributed by atoms with Gasteiger partial charge in [0.2, 0.25) is 0 Å². The lowest BCUT2D eigenvalue weighted by Crippen LogP contribution is -2.31. The molecule has 5 heteroatoms. The molecule has 0 radical (unpaired) electrons. The van der Waals surface area contributed by atoms with Crippen LogP contribution in [-0.4, -0.2) is 17.9 Å². The summed E-state index contributed by atoms with van der Waals surface area (Å²) in [6.07, 6.45) is 1.60. The molecule has 1 aromatic rings. The van der Waals surface area contributed by atoms with Gasteiger partial charge in [0.15, 0.2) is 0 Å². The Bertz CT molecular complexity index is 280. The molecule has 0 saturated carbocycles. The van der Waals surface area contributed by atoms with E-state index in [1.807, 2.05) is 0 Å². The summed E-state index contributed by atoms with van der Waals surface area (Å²) < 4.78 is 0. The Morgan fingerprint density at radius 1 is 1.67 bits per heavy atom. The Balaban J connectivity index is 2.96. The van der Waals surface area contributed by atoms with E-state index in [0.29, 0.717) is 11.0 Å². The van der Waals surface area contributed by atoms with Gasteiger partial charge in [-0.3, -0.25) is 4.99 Å². The van der Waals surface area contributed by atoms with Crippen molar-refractivity contribution in [2.45, 2.75) is 0 Å². The molecule has 0 aliphatic heterocycles. The van der Waals surface area contributed by atoms with E-state index in [9.17, 15) is 0 Å². The van der Waals surface area contributed by atoms with Crippen LogP contribution in [0.4, 0.5) is 0 Å². The average molecular weight is 185 g/mol. The van der Waals surface area contributed by atoms with Crippen LogP contribution in [0, 0.1) is 0 Å². The van der Waals surface area contributed by atoms with Crippen LogP contribution in [0.25, 0.3) is 0 Å². The lowest BCUT2D eigenvalue weighted by molar-refractivity contribution is 1.02. The number of nitrogens with one attached hydrogen (secondary N) is 1. The fourth-order valence-corrected chi connectivity index (χ4v) is 0.905. The number of pyridine rings is 1. The zero-order valence-electron chi connectivity index (χ0n) is 6.58. The van der Waals surface area contributed by atoms with Gasteiger partial charge in [0.05, 0.1) is 0 Å². The highest BCUT2D eigenvalue weighted by Gasteiger charge is 1.99. The fraction of sp³-hybridized carbons (Fsp3) is 0.143. The maximum atomic E-state index is 5.60. The van der Waals surface area contributed by atoms with Gasteiger partial charge in [0.1, 0.15) is 11.0 Å². The smallest absolute Gasteiger partial charge is 0.143 e. The number of nitrogens with two attached hydrogens (primary N) is 1. The van der Waals surface area contributed by atoms with Crippen LogP contribution < -0.4 is 11.3 Å². The van der Waals surface area contributed by atoms with Crippen LogP contribution in [0.1, 0.15) is 5.56 Å². The van der Waals surface area contributed by atoms with E-state index in [0.717, 1.165) is 5.56 Å². The minimum atomic E-state index is 0.450. The predicted molar refractivity (Wildman–Crippen MR) is 49.0 cm³/mol. The summed E-state index contributed by atoms with van der Waals surface area (Å²) in [4.78, 5) is 7.79. The van der Waals surface area contributed by atoms with Crippen LogP contribution >= 0.6 is 11.6 Å². The molecule has 0 spiro atoms. The van der Waals surface area contributed by atoms with Gasteiger partial charge in [-0.05, 0) is 12.1 Å². The summed E-state index contributed by atoms with van der Waals surface area (Å²) in [5, 5.41) is 0.450. The number of aromatic nitrogens is 1. The molecule has 4 nitrogen and oxygen atoms in total. The highest BCUT2D eigenvalue weighted by atomic mass is 35.5. The largest absolute Gasteiger partial charge is 0.308 e. The third kappa shape index (κ3) is 1.93. The van der Waals surface area contributed by atoms with Gasteiger partial charge in [0.25, 0.3) is 0 Å². The van der Waals surface area contributed by atoms with Crippen molar-refractivity contribution in [1.82, 2.24) is 10.4 Å². The van der Waals surface area contributed by atoms with Crippen LogP contribution in [-0.2, 0) is 0 Å². The molecular formula is C7H9ClN4. The second-order valence-electron chi connectivity index (χ2n) is 2.09. The number of aliphatic imine (C=N–C) groups is 1. The molecule has 1 aromatic heterocycles. The van der Waals surface area contributed by atoms with Crippen molar-refractivity contribution < 1.29 is 0 Å². The zero-order valence-corrected chi connectivity index (χ0v) is 7.34. The summed E-state index contributed by atoms with van der Waals surface area (Å²) in [6.45, 7) is 0. The van der Waals surface area contributed by atoms with Crippen LogP contribution in [0.2, 0.25) is 5.15 Å².